The van der Waals surface area contributed by atoms with Crippen LogP contribution in [-0.2, 0) is 4.43 Å². The number of hydrogen-bond acceptors (Lipinski definition) is 4. The number of benzene rings is 2. The van der Waals surface area contributed by atoms with Crippen molar-refractivity contribution in [2.45, 2.75) is 32.5 Å². The molecule has 2 rings (SSSR count). The van der Waals surface area contributed by atoms with E-state index in [0.717, 1.165) is 35.9 Å². The van der Waals surface area contributed by atoms with Crippen LogP contribution in [0.5, 0.6) is 5.75 Å². The van der Waals surface area contributed by atoms with Gasteiger partial charge in [-0.1, -0.05) is 24.3 Å². The highest BCUT2D eigenvalue weighted by Crippen LogP contribution is 2.18. The maximum Gasteiger partial charge on any atom is 0.269 e. The van der Waals surface area contributed by atoms with Crippen molar-refractivity contribution in [3.05, 3.63) is 69.8 Å². The van der Waals surface area contributed by atoms with Crippen LogP contribution in [0.1, 0.15) is 24.5 Å². The van der Waals surface area contributed by atoms with E-state index in [1.165, 1.54) is 12.1 Å². The molecule has 0 heterocycles. The number of hydrogen-bond donors (Lipinski definition) is 0. The van der Waals surface area contributed by atoms with Gasteiger partial charge in [0.15, 0.2) is 8.32 Å². The molecule has 0 saturated carbocycles. The van der Waals surface area contributed by atoms with Gasteiger partial charge in [0.25, 0.3) is 5.69 Å². The third-order valence-electron chi connectivity index (χ3n) is 4.18. The van der Waals surface area contributed by atoms with Crippen molar-refractivity contribution in [1.29, 1.82) is 0 Å². The summed E-state index contributed by atoms with van der Waals surface area (Å²) in [7, 11) is -1.53. The van der Waals surface area contributed by atoms with E-state index in [2.05, 4.69) is 13.1 Å². The molecular weight excluding hydrogens is 358 g/mol. The molecule has 0 aliphatic heterocycles. The zero-order valence-electron chi connectivity index (χ0n) is 16.2. The van der Waals surface area contributed by atoms with E-state index < -0.39 is 13.2 Å². The minimum atomic E-state index is -1.53. The molecule has 2 aromatic rings. The van der Waals surface area contributed by atoms with E-state index in [0.29, 0.717) is 6.61 Å². The molecule has 0 radical (unpaired) electrons. The zero-order chi connectivity index (χ0) is 19.7. The van der Waals surface area contributed by atoms with Crippen LogP contribution >= 0.6 is 0 Å². The van der Waals surface area contributed by atoms with Crippen LogP contribution < -0.4 is 4.74 Å². The standard InChI is InChI=1S/C21H27NO4Si/c1-4-26-27(2,3)17-5-16-25-21-14-10-19(11-15-21)7-6-18-8-12-20(13-9-18)22(23)24/h6-15H,4-5,16-17H2,1-3H3. The second-order valence-corrected chi connectivity index (χ2v) is 11.2. The summed E-state index contributed by atoms with van der Waals surface area (Å²) in [5.41, 5.74) is 2.06. The van der Waals surface area contributed by atoms with E-state index in [1.807, 2.05) is 43.3 Å². The highest BCUT2D eigenvalue weighted by atomic mass is 28.4. The van der Waals surface area contributed by atoms with Gasteiger partial charge in [-0.2, -0.15) is 0 Å². The van der Waals surface area contributed by atoms with Crippen molar-refractivity contribution < 1.29 is 14.1 Å². The van der Waals surface area contributed by atoms with Gasteiger partial charge in [-0.25, -0.2) is 0 Å². The van der Waals surface area contributed by atoms with Gasteiger partial charge >= 0.3 is 0 Å². The Morgan fingerprint density at radius 3 is 2.07 bits per heavy atom. The van der Waals surface area contributed by atoms with Gasteiger partial charge in [0.05, 0.1) is 11.5 Å². The molecule has 0 aliphatic carbocycles. The summed E-state index contributed by atoms with van der Waals surface area (Å²) < 4.78 is 11.6. The van der Waals surface area contributed by atoms with E-state index in [1.54, 1.807) is 12.1 Å². The quantitative estimate of drug-likeness (QED) is 0.171. The Bertz CT molecular complexity index is 755. The Balaban J connectivity index is 1.81. The summed E-state index contributed by atoms with van der Waals surface area (Å²) in [4.78, 5) is 10.3. The third-order valence-corrected chi connectivity index (χ3v) is 6.81. The third kappa shape index (κ3) is 7.36. The van der Waals surface area contributed by atoms with Crippen molar-refractivity contribution in [1.82, 2.24) is 0 Å². The second-order valence-electron chi connectivity index (χ2n) is 6.90. The first-order valence-electron chi connectivity index (χ1n) is 9.19. The summed E-state index contributed by atoms with van der Waals surface area (Å²) in [6, 6.07) is 15.5. The van der Waals surface area contributed by atoms with Gasteiger partial charge in [-0.3, -0.25) is 10.1 Å². The minimum absolute atomic E-state index is 0.0981. The van der Waals surface area contributed by atoms with Crippen molar-refractivity contribution in [2.75, 3.05) is 13.2 Å². The van der Waals surface area contributed by atoms with Gasteiger partial charge in [-0.15, -0.1) is 0 Å². The highest BCUT2D eigenvalue weighted by molar-refractivity contribution is 6.71. The molecule has 0 unspecified atom stereocenters. The number of nitrogens with zero attached hydrogens (tertiary/aromatic N) is 1. The highest BCUT2D eigenvalue weighted by Gasteiger charge is 2.20. The van der Waals surface area contributed by atoms with Crippen molar-refractivity contribution in [2.24, 2.45) is 0 Å². The van der Waals surface area contributed by atoms with Crippen molar-refractivity contribution >= 4 is 26.2 Å². The number of ether oxygens (including phenoxy) is 1. The van der Waals surface area contributed by atoms with Gasteiger partial charge in [0.1, 0.15) is 5.75 Å². The predicted octanol–water partition coefficient (Wildman–Crippen LogP) is 5.78. The molecule has 0 N–H and O–H groups in total. The summed E-state index contributed by atoms with van der Waals surface area (Å²) in [6.07, 6.45) is 4.90. The topological polar surface area (TPSA) is 61.6 Å². The van der Waals surface area contributed by atoms with E-state index in [9.17, 15) is 10.1 Å². The van der Waals surface area contributed by atoms with Crippen LogP contribution in [-0.4, -0.2) is 26.5 Å². The molecule has 27 heavy (non-hydrogen) atoms. The average molecular weight is 386 g/mol. The van der Waals surface area contributed by atoms with Gasteiger partial charge in [-0.05, 0) is 67.9 Å². The minimum Gasteiger partial charge on any atom is -0.494 e. The first-order chi connectivity index (χ1) is 12.9. The van der Waals surface area contributed by atoms with E-state index in [-0.39, 0.29) is 5.69 Å². The molecule has 0 bridgehead atoms. The van der Waals surface area contributed by atoms with Crippen LogP contribution in [0.3, 0.4) is 0 Å². The lowest BCUT2D eigenvalue weighted by Crippen LogP contribution is -2.30. The Labute approximate surface area is 161 Å². The summed E-state index contributed by atoms with van der Waals surface area (Å²) in [5, 5.41) is 10.7. The predicted molar refractivity (Wildman–Crippen MR) is 112 cm³/mol. The lowest BCUT2D eigenvalue weighted by molar-refractivity contribution is -0.384. The molecule has 0 atom stereocenters. The number of nitro benzene ring substituents is 1. The second kappa shape index (κ2) is 10.0. The molecule has 0 fully saturated rings. The summed E-state index contributed by atoms with van der Waals surface area (Å²) in [5.74, 6) is 0.860. The lowest BCUT2D eigenvalue weighted by Gasteiger charge is -2.21. The van der Waals surface area contributed by atoms with Gasteiger partial charge < -0.3 is 9.16 Å². The Morgan fingerprint density at radius 1 is 1.00 bits per heavy atom. The molecule has 0 saturated heterocycles. The van der Waals surface area contributed by atoms with Gasteiger partial charge in [0, 0.05) is 18.7 Å². The molecule has 0 spiro atoms. The first-order valence-corrected chi connectivity index (χ1v) is 12.3. The van der Waals surface area contributed by atoms with Gasteiger partial charge in [0.2, 0.25) is 0 Å². The smallest absolute Gasteiger partial charge is 0.269 e. The molecule has 2 aromatic carbocycles. The Kier molecular flexibility index (Phi) is 7.76. The molecule has 6 heteroatoms. The summed E-state index contributed by atoms with van der Waals surface area (Å²) >= 11 is 0. The molecular formula is C21H27NO4Si. The number of non-ortho nitro benzene ring substituents is 1. The van der Waals surface area contributed by atoms with E-state index >= 15 is 0 Å². The summed E-state index contributed by atoms with van der Waals surface area (Å²) in [6.45, 7) is 8.00. The maximum absolute atomic E-state index is 10.7. The SMILES string of the molecule is CCO[Si](C)(C)CCCOc1ccc(C=Cc2ccc([N+](=O)[O-])cc2)cc1. The average Bonchev–Trinajstić information content (AvgIpc) is 2.65. The molecule has 144 valence electrons. The fourth-order valence-corrected chi connectivity index (χ4v) is 4.65. The van der Waals surface area contributed by atoms with Crippen molar-refractivity contribution in [3.63, 3.8) is 0 Å². The molecule has 5 nitrogen and oxygen atoms in total. The Morgan fingerprint density at radius 2 is 1.56 bits per heavy atom. The fourth-order valence-electron chi connectivity index (χ4n) is 2.73. The molecule has 0 aromatic heterocycles. The van der Waals surface area contributed by atoms with Crippen molar-refractivity contribution in [3.8, 4) is 5.75 Å². The maximum atomic E-state index is 10.7. The molecule has 0 aliphatic rings. The monoisotopic (exact) mass is 385 g/mol. The van der Waals surface area contributed by atoms with Crippen LogP contribution in [0.25, 0.3) is 12.2 Å². The van der Waals surface area contributed by atoms with Crippen LogP contribution in [0.4, 0.5) is 5.69 Å². The molecule has 0 amide bonds. The normalized spacial score (nSPS) is 11.7. The first kappa shape index (κ1) is 20.9. The lowest BCUT2D eigenvalue weighted by atomic mass is 10.1. The van der Waals surface area contributed by atoms with E-state index in [4.69, 9.17) is 9.16 Å². The zero-order valence-corrected chi connectivity index (χ0v) is 17.2. The van der Waals surface area contributed by atoms with Crippen LogP contribution in [0.2, 0.25) is 19.1 Å². The fraction of sp³-hybridized carbons (Fsp3) is 0.333. The van der Waals surface area contributed by atoms with Crippen LogP contribution in [0, 0.1) is 10.1 Å². The number of nitro groups is 1. The number of rotatable bonds is 10. The van der Waals surface area contributed by atoms with Crippen LogP contribution in [0.15, 0.2) is 48.5 Å². The largest absolute Gasteiger partial charge is 0.494 e. The Hall–Kier alpha value is -2.44.